The van der Waals surface area contributed by atoms with Crippen LogP contribution in [0.2, 0.25) is 0 Å². The van der Waals surface area contributed by atoms with Gasteiger partial charge < -0.3 is 9.47 Å². The van der Waals surface area contributed by atoms with Gasteiger partial charge in [-0.05, 0) is 74.8 Å². The summed E-state index contributed by atoms with van der Waals surface area (Å²) in [6.45, 7) is 4.34. The summed E-state index contributed by atoms with van der Waals surface area (Å²) in [4.78, 5) is 35.8. The fourth-order valence-corrected chi connectivity index (χ4v) is 6.93. The highest BCUT2D eigenvalue weighted by Gasteiger charge is 2.52. The number of hydrogen-bond donors (Lipinski definition) is 0. The average Bonchev–Trinajstić information content (AvgIpc) is 3.65. The van der Waals surface area contributed by atoms with E-state index in [0.29, 0.717) is 30.4 Å². The molecular weight excluding hydrogens is 536 g/mol. The Kier molecular flexibility index (Phi) is 7.79. The second-order valence-electron chi connectivity index (χ2n) is 11.2. The molecule has 1 saturated heterocycles. The Bertz CT molecular complexity index is 1530. The van der Waals surface area contributed by atoms with Crippen LogP contribution in [0.25, 0.3) is 5.78 Å². The Balaban J connectivity index is 1.13. The molecule has 9 heteroatoms. The van der Waals surface area contributed by atoms with Crippen molar-refractivity contribution in [1.29, 1.82) is 0 Å². The van der Waals surface area contributed by atoms with E-state index in [2.05, 4.69) is 27.2 Å². The number of ether oxygens (including phenoxy) is 2. The number of ketones is 1. The van der Waals surface area contributed by atoms with Gasteiger partial charge in [0.2, 0.25) is 5.16 Å². The first-order valence-electron chi connectivity index (χ1n) is 14.3. The first-order valence-corrected chi connectivity index (χ1v) is 15.2. The second-order valence-corrected chi connectivity index (χ2v) is 12.2. The van der Waals surface area contributed by atoms with Crippen LogP contribution in [0, 0.1) is 19.8 Å². The molecule has 4 aromatic rings. The molecule has 0 N–H and O–H groups in total. The van der Waals surface area contributed by atoms with Crippen LogP contribution < -0.4 is 4.74 Å². The number of cyclic esters (lactones) is 1. The number of thioether (sulfide) groups is 1. The highest BCUT2D eigenvalue weighted by atomic mass is 32.2. The number of benzene rings is 2. The number of fused-ring (bicyclic) bond motifs is 1. The predicted octanol–water partition coefficient (Wildman–Crippen LogP) is 5.86. The summed E-state index contributed by atoms with van der Waals surface area (Å²) in [6.07, 6.45) is 5.70. The molecule has 2 aromatic heterocycles. The molecule has 0 spiro atoms. The third kappa shape index (κ3) is 6.00. The molecule has 1 aliphatic heterocycles. The fourth-order valence-electron chi connectivity index (χ4n) is 6.10. The van der Waals surface area contributed by atoms with E-state index in [0.717, 1.165) is 65.7 Å². The minimum Gasteiger partial charge on any atom is -0.489 e. The SMILES string of the molecule is Cc1cc(C)n2nc(SC3C(=O)CC(CCc4ccc(OCc5ccccc5)cc4)(C4CCCC4)OC3=O)nc2n1. The Hall–Kier alpha value is -3.72. The summed E-state index contributed by atoms with van der Waals surface area (Å²) in [6, 6.07) is 20.1. The van der Waals surface area contributed by atoms with Crippen LogP contribution in [0.5, 0.6) is 5.75 Å². The quantitative estimate of drug-likeness (QED) is 0.182. The van der Waals surface area contributed by atoms with Gasteiger partial charge in [-0.25, -0.2) is 9.50 Å². The van der Waals surface area contributed by atoms with E-state index < -0.39 is 16.8 Å². The van der Waals surface area contributed by atoms with Gasteiger partial charge in [0.1, 0.15) is 18.0 Å². The van der Waals surface area contributed by atoms with E-state index in [1.165, 1.54) is 0 Å². The van der Waals surface area contributed by atoms with Crippen molar-refractivity contribution in [2.24, 2.45) is 5.92 Å². The lowest BCUT2D eigenvalue weighted by molar-refractivity contribution is -0.177. The summed E-state index contributed by atoms with van der Waals surface area (Å²) >= 11 is 1.06. The van der Waals surface area contributed by atoms with Crippen molar-refractivity contribution >= 4 is 29.3 Å². The summed E-state index contributed by atoms with van der Waals surface area (Å²) in [7, 11) is 0. The third-order valence-electron chi connectivity index (χ3n) is 8.21. The predicted molar refractivity (Wildman–Crippen MR) is 156 cm³/mol. The molecule has 2 unspecified atom stereocenters. The molecule has 2 aromatic carbocycles. The summed E-state index contributed by atoms with van der Waals surface area (Å²) < 4.78 is 13.8. The number of aromatic nitrogens is 4. The smallest absolute Gasteiger partial charge is 0.327 e. The monoisotopic (exact) mass is 570 g/mol. The van der Waals surface area contributed by atoms with Crippen LogP contribution in [0.3, 0.4) is 0 Å². The highest BCUT2D eigenvalue weighted by molar-refractivity contribution is 8.01. The zero-order valence-corrected chi connectivity index (χ0v) is 24.2. The van der Waals surface area contributed by atoms with Gasteiger partial charge in [0.05, 0.1) is 0 Å². The van der Waals surface area contributed by atoms with Crippen molar-refractivity contribution in [2.75, 3.05) is 0 Å². The van der Waals surface area contributed by atoms with E-state index in [1.807, 2.05) is 62.4 Å². The molecule has 41 heavy (non-hydrogen) atoms. The molecule has 0 bridgehead atoms. The maximum atomic E-state index is 13.5. The van der Waals surface area contributed by atoms with Crippen LogP contribution in [-0.4, -0.2) is 42.2 Å². The average molecular weight is 571 g/mol. The molecule has 1 saturated carbocycles. The molecule has 2 fully saturated rings. The molecular formula is C32H34N4O4S. The molecule has 6 rings (SSSR count). The molecule has 8 nitrogen and oxygen atoms in total. The number of rotatable bonds is 9. The first-order chi connectivity index (χ1) is 19.9. The maximum absolute atomic E-state index is 13.5. The molecule has 0 radical (unpaired) electrons. The summed E-state index contributed by atoms with van der Waals surface area (Å²) in [5.74, 6) is 0.866. The lowest BCUT2D eigenvalue weighted by Gasteiger charge is -2.42. The molecule has 212 valence electrons. The molecule has 0 amide bonds. The number of nitrogens with zero attached hydrogens (tertiary/aromatic N) is 4. The standard InChI is InChI=1S/C32H34N4O4S/c1-21-18-22(2)36-30(33-21)34-31(35-36)41-28-27(37)19-32(40-29(28)38,25-10-6-7-11-25)17-16-23-12-14-26(15-13-23)39-20-24-8-4-3-5-9-24/h3-5,8-9,12-15,18,25,28H,6-7,10-11,16-17,19-20H2,1-2H3. The molecule has 2 aliphatic rings. The van der Waals surface area contributed by atoms with Crippen molar-refractivity contribution in [2.45, 2.75) is 81.4 Å². The van der Waals surface area contributed by atoms with Gasteiger partial charge in [0.15, 0.2) is 11.0 Å². The third-order valence-corrected chi connectivity index (χ3v) is 9.29. The van der Waals surface area contributed by atoms with Gasteiger partial charge >= 0.3 is 5.97 Å². The normalized spacial score (nSPS) is 21.4. The Morgan fingerprint density at radius 2 is 1.76 bits per heavy atom. The number of Topliss-reactive ketones (excluding diaryl/α,β-unsaturated/α-hetero) is 1. The minimum absolute atomic E-state index is 0.109. The summed E-state index contributed by atoms with van der Waals surface area (Å²) in [5, 5.41) is 3.86. The van der Waals surface area contributed by atoms with Crippen molar-refractivity contribution in [3.63, 3.8) is 0 Å². The minimum atomic E-state index is -0.968. The van der Waals surface area contributed by atoms with Gasteiger partial charge in [-0.3, -0.25) is 9.59 Å². The lowest BCUT2D eigenvalue weighted by Crippen LogP contribution is -2.53. The number of carbonyl (C=O) groups excluding carboxylic acids is 2. The molecule has 3 heterocycles. The van der Waals surface area contributed by atoms with Gasteiger partial charge in [0, 0.05) is 17.8 Å². The number of hydrogen-bond acceptors (Lipinski definition) is 8. The van der Waals surface area contributed by atoms with E-state index >= 15 is 0 Å². The van der Waals surface area contributed by atoms with Crippen molar-refractivity contribution < 1.29 is 19.1 Å². The maximum Gasteiger partial charge on any atom is 0.327 e. The zero-order chi connectivity index (χ0) is 28.4. The number of esters is 1. The van der Waals surface area contributed by atoms with Crippen LogP contribution in [0.1, 0.15) is 61.0 Å². The van der Waals surface area contributed by atoms with Gasteiger partial charge in [0.25, 0.3) is 5.78 Å². The first kappa shape index (κ1) is 27.4. The van der Waals surface area contributed by atoms with Crippen LogP contribution in [0.15, 0.2) is 65.8 Å². The summed E-state index contributed by atoms with van der Waals surface area (Å²) in [5.41, 5.74) is 3.20. The lowest BCUT2D eigenvalue weighted by atomic mass is 9.76. The number of carbonyl (C=O) groups is 2. The van der Waals surface area contributed by atoms with Gasteiger partial charge in [-0.1, -0.05) is 67.1 Å². The van der Waals surface area contributed by atoms with Crippen LogP contribution >= 0.6 is 11.8 Å². The Labute approximate surface area is 243 Å². The Morgan fingerprint density at radius 3 is 2.49 bits per heavy atom. The second kappa shape index (κ2) is 11.6. The van der Waals surface area contributed by atoms with Crippen molar-refractivity contribution in [3.8, 4) is 5.75 Å². The highest BCUT2D eigenvalue weighted by Crippen LogP contribution is 2.45. The van der Waals surface area contributed by atoms with E-state index in [-0.39, 0.29) is 18.1 Å². The van der Waals surface area contributed by atoms with Crippen molar-refractivity contribution in [3.05, 3.63) is 83.2 Å². The van der Waals surface area contributed by atoms with Crippen LogP contribution in [-0.2, 0) is 27.4 Å². The van der Waals surface area contributed by atoms with E-state index in [9.17, 15) is 9.59 Å². The van der Waals surface area contributed by atoms with E-state index in [1.54, 1.807) is 4.52 Å². The van der Waals surface area contributed by atoms with Crippen molar-refractivity contribution in [1.82, 2.24) is 19.6 Å². The number of aryl methyl sites for hydroxylation is 3. The largest absolute Gasteiger partial charge is 0.489 e. The van der Waals surface area contributed by atoms with Gasteiger partial charge in [-0.2, -0.15) is 4.98 Å². The fraction of sp³-hybridized carbons (Fsp3) is 0.406. The van der Waals surface area contributed by atoms with Crippen LogP contribution in [0.4, 0.5) is 0 Å². The Morgan fingerprint density at radius 1 is 1.00 bits per heavy atom. The zero-order valence-electron chi connectivity index (χ0n) is 23.4. The van der Waals surface area contributed by atoms with E-state index in [4.69, 9.17) is 9.47 Å². The van der Waals surface area contributed by atoms with Gasteiger partial charge in [-0.15, -0.1) is 5.10 Å². The molecule has 2 atom stereocenters. The molecule has 1 aliphatic carbocycles. The topological polar surface area (TPSA) is 95.7 Å².